The molecule has 0 radical (unpaired) electrons. The lowest BCUT2D eigenvalue weighted by atomic mass is 9.92. The van der Waals surface area contributed by atoms with E-state index in [1.165, 1.54) is 16.4 Å². The smallest absolute Gasteiger partial charge is 0.308 e. The summed E-state index contributed by atoms with van der Waals surface area (Å²) in [6.45, 7) is 0.609. The van der Waals surface area contributed by atoms with Crippen molar-refractivity contribution in [3.8, 4) is 11.5 Å². The first kappa shape index (κ1) is 24.8. The topological polar surface area (TPSA) is 111 Å². The van der Waals surface area contributed by atoms with Crippen LogP contribution in [0.15, 0.2) is 77.7 Å². The molecular formula is C27H26N2O7S. The van der Waals surface area contributed by atoms with Crippen molar-refractivity contribution in [3.63, 3.8) is 0 Å². The molecule has 0 bridgehead atoms. The molecule has 5 rings (SSSR count). The van der Waals surface area contributed by atoms with Crippen molar-refractivity contribution in [1.82, 2.24) is 4.31 Å². The lowest BCUT2D eigenvalue weighted by Gasteiger charge is -2.36. The first-order chi connectivity index (χ1) is 17.9. The molecule has 2 heterocycles. The quantitative estimate of drug-likeness (QED) is 0.474. The van der Waals surface area contributed by atoms with Crippen molar-refractivity contribution in [2.24, 2.45) is 0 Å². The van der Waals surface area contributed by atoms with E-state index in [9.17, 15) is 18.0 Å². The minimum atomic E-state index is -3.85. The van der Waals surface area contributed by atoms with Crippen LogP contribution in [0.1, 0.15) is 23.6 Å². The summed E-state index contributed by atoms with van der Waals surface area (Å²) < 4.78 is 44.5. The summed E-state index contributed by atoms with van der Waals surface area (Å²) in [5.74, 6) is -0.0784. The fraction of sp³-hybridized carbons (Fsp3) is 0.259. The number of carbonyl (C=O) groups is 2. The van der Waals surface area contributed by atoms with Gasteiger partial charge in [-0.2, -0.15) is 4.31 Å². The Bertz CT molecular complexity index is 1410. The maximum Gasteiger partial charge on any atom is 0.308 e. The molecule has 1 amide bonds. The minimum Gasteiger partial charge on any atom is -0.486 e. The third kappa shape index (κ3) is 5.45. The largest absolute Gasteiger partial charge is 0.486 e. The fourth-order valence-corrected chi connectivity index (χ4v) is 6.16. The number of sulfonamides is 1. The van der Waals surface area contributed by atoms with Crippen molar-refractivity contribution in [3.05, 3.63) is 83.9 Å². The van der Waals surface area contributed by atoms with Crippen LogP contribution in [0, 0.1) is 0 Å². The number of amides is 1. The van der Waals surface area contributed by atoms with Crippen LogP contribution >= 0.6 is 0 Å². The predicted molar refractivity (Wildman–Crippen MR) is 135 cm³/mol. The highest BCUT2D eigenvalue weighted by atomic mass is 32.2. The maximum atomic E-state index is 13.5. The lowest BCUT2D eigenvalue weighted by molar-refractivity contribution is -0.148. The van der Waals surface area contributed by atoms with Gasteiger partial charge in [0.15, 0.2) is 18.1 Å². The third-order valence-electron chi connectivity index (χ3n) is 6.26. The molecule has 0 saturated carbocycles. The van der Waals surface area contributed by atoms with Gasteiger partial charge in [-0.05, 0) is 41.8 Å². The fourth-order valence-electron chi connectivity index (χ4n) is 4.54. The SMILES string of the molecule is O=C(COC(=O)C[C@@H]1c2ccccc2CCN1S(=O)(=O)c1ccccc1)Nc1ccc2c(c1)OCCO2. The van der Waals surface area contributed by atoms with E-state index in [4.69, 9.17) is 14.2 Å². The Hall–Kier alpha value is -3.89. The molecule has 9 nitrogen and oxygen atoms in total. The Morgan fingerprint density at radius 1 is 0.946 bits per heavy atom. The summed E-state index contributed by atoms with van der Waals surface area (Å²) in [4.78, 5) is 25.4. The van der Waals surface area contributed by atoms with Crippen LogP contribution in [0.5, 0.6) is 11.5 Å². The van der Waals surface area contributed by atoms with Crippen LogP contribution in [0.2, 0.25) is 0 Å². The third-order valence-corrected chi connectivity index (χ3v) is 8.19. The van der Waals surface area contributed by atoms with Crippen molar-refractivity contribution in [2.45, 2.75) is 23.8 Å². The van der Waals surface area contributed by atoms with E-state index in [1.807, 2.05) is 24.3 Å². The molecular weight excluding hydrogens is 496 g/mol. The van der Waals surface area contributed by atoms with Crippen LogP contribution in [0.3, 0.4) is 0 Å². The van der Waals surface area contributed by atoms with Gasteiger partial charge in [0.05, 0.1) is 17.4 Å². The number of anilines is 1. The molecule has 10 heteroatoms. The van der Waals surface area contributed by atoms with E-state index in [1.54, 1.807) is 36.4 Å². The van der Waals surface area contributed by atoms with Crippen LogP contribution in [-0.4, -0.2) is 51.0 Å². The summed E-state index contributed by atoms with van der Waals surface area (Å²) in [7, 11) is -3.85. The molecule has 37 heavy (non-hydrogen) atoms. The van der Waals surface area contributed by atoms with Gasteiger partial charge in [-0.1, -0.05) is 42.5 Å². The number of carbonyl (C=O) groups excluding carboxylic acids is 2. The second-order valence-corrected chi connectivity index (χ2v) is 10.6. The average Bonchev–Trinajstić information content (AvgIpc) is 2.92. The first-order valence-corrected chi connectivity index (χ1v) is 13.4. The highest BCUT2D eigenvalue weighted by Gasteiger charge is 2.37. The van der Waals surface area contributed by atoms with E-state index in [-0.39, 0.29) is 17.9 Å². The molecule has 3 aromatic rings. The highest BCUT2D eigenvalue weighted by molar-refractivity contribution is 7.89. The monoisotopic (exact) mass is 522 g/mol. The zero-order valence-electron chi connectivity index (χ0n) is 20.0. The van der Waals surface area contributed by atoms with Gasteiger partial charge in [-0.25, -0.2) is 8.42 Å². The summed E-state index contributed by atoms with van der Waals surface area (Å²) in [6.07, 6.45) is 0.312. The van der Waals surface area contributed by atoms with E-state index in [2.05, 4.69) is 5.32 Å². The molecule has 0 aliphatic carbocycles. The predicted octanol–water partition coefficient (Wildman–Crippen LogP) is 3.32. The molecule has 192 valence electrons. The Morgan fingerprint density at radius 3 is 2.49 bits per heavy atom. The van der Waals surface area contributed by atoms with Gasteiger partial charge >= 0.3 is 5.97 Å². The van der Waals surface area contributed by atoms with Gasteiger partial charge in [0.1, 0.15) is 13.2 Å². The maximum absolute atomic E-state index is 13.5. The number of benzene rings is 3. The van der Waals surface area contributed by atoms with Crippen LogP contribution in [0.25, 0.3) is 0 Å². The molecule has 0 aromatic heterocycles. The zero-order valence-corrected chi connectivity index (χ0v) is 20.8. The van der Waals surface area contributed by atoms with Gasteiger partial charge in [0, 0.05) is 18.3 Å². The standard InChI is InChI=1S/C27H26N2O7S/c30-26(28-20-10-11-24-25(16-20)35-15-14-34-24)18-36-27(31)17-23-22-9-5-4-6-19(22)12-13-29(23)37(32,33)21-7-2-1-3-8-21/h1-11,16,23H,12-15,17-18H2,(H,28,30)/t23-/m1/s1. The van der Waals surface area contributed by atoms with Gasteiger partial charge in [-0.3, -0.25) is 9.59 Å². The van der Waals surface area contributed by atoms with E-state index < -0.39 is 34.5 Å². The average molecular weight is 523 g/mol. The highest BCUT2D eigenvalue weighted by Crippen LogP contribution is 2.36. The van der Waals surface area contributed by atoms with Gasteiger partial charge < -0.3 is 19.5 Å². The molecule has 2 aliphatic rings. The van der Waals surface area contributed by atoms with Crippen LogP contribution in [0.4, 0.5) is 5.69 Å². The zero-order chi connectivity index (χ0) is 25.8. The molecule has 3 aromatic carbocycles. The van der Waals surface area contributed by atoms with Crippen molar-refractivity contribution < 1.29 is 32.2 Å². The number of hydrogen-bond donors (Lipinski definition) is 1. The second-order valence-electron chi connectivity index (χ2n) is 8.66. The molecule has 0 spiro atoms. The molecule has 0 fully saturated rings. The Balaban J connectivity index is 1.27. The summed E-state index contributed by atoms with van der Waals surface area (Å²) in [5, 5.41) is 2.66. The van der Waals surface area contributed by atoms with Gasteiger partial charge in [0.25, 0.3) is 5.91 Å². The minimum absolute atomic E-state index is 0.159. The number of fused-ring (bicyclic) bond motifs is 2. The summed E-state index contributed by atoms with van der Waals surface area (Å²) in [5.41, 5.74) is 2.22. The van der Waals surface area contributed by atoms with E-state index >= 15 is 0 Å². The molecule has 0 saturated heterocycles. The van der Waals surface area contributed by atoms with E-state index in [0.29, 0.717) is 36.8 Å². The number of hydrogen-bond acceptors (Lipinski definition) is 7. The lowest BCUT2D eigenvalue weighted by Crippen LogP contribution is -2.41. The Kier molecular flexibility index (Phi) is 7.11. The normalized spacial score (nSPS) is 16.9. The number of nitrogens with one attached hydrogen (secondary N) is 1. The van der Waals surface area contributed by atoms with Crippen LogP contribution < -0.4 is 14.8 Å². The van der Waals surface area contributed by atoms with Gasteiger partial charge in [-0.15, -0.1) is 0 Å². The van der Waals surface area contributed by atoms with Gasteiger partial charge in [0.2, 0.25) is 10.0 Å². The second kappa shape index (κ2) is 10.6. The first-order valence-electron chi connectivity index (χ1n) is 11.9. The number of esters is 1. The molecule has 1 N–H and O–H groups in total. The summed E-state index contributed by atoms with van der Waals surface area (Å²) in [6, 6.07) is 19.8. The molecule has 1 atom stereocenters. The Morgan fingerprint density at radius 2 is 1.68 bits per heavy atom. The van der Waals surface area contributed by atoms with Crippen molar-refractivity contribution in [1.29, 1.82) is 0 Å². The Labute approximate surface area is 215 Å². The van der Waals surface area contributed by atoms with Crippen molar-refractivity contribution in [2.75, 3.05) is 31.7 Å². The summed E-state index contributed by atoms with van der Waals surface area (Å²) >= 11 is 0. The van der Waals surface area contributed by atoms with Crippen LogP contribution in [-0.2, 0) is 30.8 Å². The van der Waals surface area contributed by atoms with Crippen molar-refractivity contribution >= 4 is 27.6 Å². The van der Waals surface area contributed by atoms with E-state index in [0.717, 1.165) is 11.1 Å². The number of ether oxygens (including phenoxy) is 3. The molecule has 2 aliphatic heterocycles. The molecule has 0 unspecified atom stereocenters. The number of nitrogens with zero attached hydrogens (tertiary/aromatic N) is 1. The number of rotatable bonds is 7.